The second-order valence-electron chi connectivity index (χ2n) is 9.16. The number of ether oxygens (including phenoxy) is 1. The van der Waals surface area contributed by atoms with Gasteiger partial charge in [-0.2, -0.15) is 0 Å². The maximum absolute atomic E-state index is 13.0. The molecule has 7 heteroatoms. The molecule has 3 rings (SSSR count). The highest BCUT2D eigenvalue weighted by Crippen LogP contribution is 2.23. The topological polar surface area (TPSA) is 70.2 Å². The van der Waals surface area contributed by atoms with Gasteiger partial charge < -0.3 is 19.4 Å². The van der Waals surface area contributed by atoms with Crippen molar-refractivity contribution in [3.8, 4) is 0 Å². The van der Waals surface area contributed by atoms with E-state index >= 15 is 0 Å². The Morgan fingerprint density at radius 3 is 1.93 bits per heavy atom. The molecule has 0 spiro atoms. The van der Waals surface area contributed by atoms with Crippen molar-refractivity contribution in [2.24, 2.45) is 5.92 Å². The van der Waals surface area contributed by atoms with Crippen LogP contribution >= 0.6 is 0 Å². The van der Waals surface area contributed by atoms with Crippen LogP contribution in [0, 0.1) is 5.92 Å². The molecule has 0 atom stereocenters. The van der Waals surface area contributed by atoms with Crippen LogP contribution in [0.3, 0.4) is 0 Å². The van der Waals surface area contributed by atoms with Gasteiger partial charge >= 0.3 is 6.09 Å². The number of likely N-dealkylation sites (tertiary alicyclic amines) is 1. The molecule has 0 radical (unpaired) electrons. The monoisotopic (exact) mass is 415 g/mol. The van der Waals surface area contributed by atoms with Crippen LogP contribution in [0.5, 0.6) is 0 Å². The Balaban J connectivity index is 1.46. The van der Waals surface area contributed by atoms with Gasteiger partial charge in [0.2, 0.25) is 5.91 Å². The lowest BCUT2D eigenvalue weighted by Crippen LogP contribution is -2.52. The number of benzene rings is 1. The Kier molecular flexibility index (Phi) is 6.68. The SMILES string of the molecule is CC(=O)c1ccc(N2CCN(C(=O)C3CCN(C(=O)OC(C)(C)C)CC3)CC2)cc1. The second-order valence-corrected chi connectivity index (χ2v) is 9.16. The van der Waals surface area contributed by atoms with Crippen molar-refractivity contribution in [3.05, 3.63) is 29.8 Å². The third-order valence-corrected chi connectivity index (χ3v) is 5.73. The number of ketones is 1. The van der Waals surface area contributed by atoms with Gasteiger partial charge in [-0.3, -0.25) is 9.59 Å². The lowest BCUT2D eigenvalue weighted by atomic mass is 9.95. The summed E-state index contributed by atoms with van der Waals surface area (Å²) in [6.45, 7) is 11.2. The maximum Gasteiger partial charge on any atom is 0.410 e. The molecule has 2 heterocycles. The third kappa shape index (κ3) is 5.52. The van der Waals surface area contributed by atoms with Crippen LogP contribution in [0.4, 0.5) is 10.5 Å². The molecule has 0 N–H and O–H groups in total. The molecule has 0 aliphatic carbocycles. The molecule has 2 aliphatic heterocycles. The molecule has 7 nitrogen and oxygen atoms in total. The van der Waals surface area contributed by atoms with Crippen LogP contribution in [0.15, 0.2) is 24.3 Å². The van der Waals surface area contributed by atoms with Gasteiger partial charge in [0.1, 0.15) is 5.60 Å². The van der Waals surface area contributed by atoms with E-state index in [4.69, 9.17) is 4.74 Å². The standard InChI is InChI=1S/C23H33N3O4/c1-17(27)18-5-7-20(8-6-18)24-13-15-25(16-14-24)21(28)19-9-11-26(12-10-19)22(29)30-23(2,3)4/h5-8,19H,9-16H2,1-4H3. The lowest BCUT2D eigenvalue weighted by molar-refractivity contribution is -0.137. The Hall–Kier alpha value is -2.57. The van der Waals surface area contributed by atoms with E-state index in [1.807, 2.05) is 49.9 Å². The Labute approximate surface area is 179 Å². The van der Waals surface area contributed by atoms with Gasteiger partial charge in [-0.25, -0.2) is 4.79 Å². The molecular weight excluding hydrogens is 382 g/mol. The minimum atomic E-state index is -0.504. The number of piperidine rings is 1. The molecule has 0 bridgehead atoms. The first-order valence-corrected chi connectivity index (χ1v) is 10.8. The smallest absolute Gasteiger partial charge is 0.410 e. The zero-order chi connectivity index (χ0) is 21.9. The number of hydrogen-bond donors (Lipinski definition) is 0. The van der Waals surface area contributed by atoms with E-state index in [2.05, 4.69) is 4.90 Å². The number of Topliss-reactive ketones (excluding diaryl/α,β-unsaturated/α-hetero) is 1. The van der Waals surface area contributed by atoms with Crippen LogP contribution in [-0.2, 0) is 9.53 Å². The molecule has 164 valence electrons. The van der Waals surface area contributed by atoms with Crippen molar-refractivity contribution in [1.82, 2.24) is 9.80 Å². The molecule has 30 heavy (non-hydrogen) atoms. The fraction of sp³-hybridized carbons (Fsp3) is 0.609. The summed E-state index contributed by atoms with van der Waals surface area (Å²) in [5, 5.41) is 0. The number of rotatable bonds is 3. The van der Waals surface area contributed by atoms with Gasteiger partial charge in [0.25, 0.3) is 0 Å². The van der Waals surface area contributed by atoms with E-state index in [0.29, 0.717) is 44.6 Å². The molecular formula is C23H33N3O4. The molecule has 2 aliphatic rings. The number of nitrogens with zero attached hydrogens (tertiary/aromatic N) is 3. The summed E-state index contributed by atoms with van der Waals surface area (Å²) in [6.07, 6.45) is 1.08. The first-order valence-electron chi connectivity index (χ1n) is 10.8. The highest BCUT2D eigenvalue weighted by Gasteiger charge is 2.33. The Morgan fingerprint density at radius 1 is 0.867 bits per heavy atom. The molecule has 0 saturated carbocycles. The number of carbonyl (C=O) groups excluding carboxylic acids is 3. The van der Waals surface area contributed by atoms with Crippen molar-refractivity contribution in [3.63, 3.8) is 0 Å². The zero-order valence-electron chi connectivity index (χ0n) is 18.5. The normalized spacial score (nSPS) is 18.3. The van der Waals surface area contributed by atoms with Crippen molar-refractivity contribution < 1.29 is 19.1 Å². The van der Waals surface area contributed by atoms with E-state index in [1.165, 1.54) is 0 Å². The molecule has 0 unspecified atom stereocenters. The van der Waals surface area contributed by atoms with Crippen molar-refractivity contribution in [1.29, 1.82) is 0 Å². The second kappa shape index (κ2) is 9.06. The summed E-state index contributed by atoms with van der Waals surface area (Å²) < 4.78 is 5.43. The van der Waals surface area contributed by atoms with E-state index in [-0.39, 0.29) is 23.7 Å². The highest BCUT2D eigenvalue weighted by atomic mass is 16.6. The summed E-state index contributed by atoms with van der Waals surface area (Å²) in [6, 6.07) is 7.66. The van der Waals surface area contributed by atoms with Crippen LogP contribution in [0.25, 0.3) is 0 Å². The number of piperazine rings is 1. The predicted molar refractivity (Wildman–Crippen MR) is 116 cm³/mol. The summed E-state index contributed by atoms with van der Waals surface area (Å²) in [5.41, 5.74) is 1.29. The van der Waals surface area contributed by atoms with Crippen LogP contribution in [-0.4, -0.2) is 72.5 Å². The summed E-state index contributed by atoms with van der Waals surface area (Å²) in [7, 11) is 0. The quantitative estimate of drug-likeness (QED) is 0.709. The molecule has 1 aromatic rings. The third-order valence-electron chi connectivity index (χ3n) is 5.73. The predicted octanol–water partition coefficient (Wildman–Crippen LogP) is 3.18. The van der Waals surface area contributed by atoms with Gasteiger partial charge in [-0.05, 0) is 64.8 Å². The number of carbonyl (C=O) groups is 3. The molecule has 2 fully saturated rings. The highest BCUT2D eigenvalue weighted by molar-refractivity contribution is 5.94. The van der Waals surface area contributed by atoms with Crippen molar-refractivity contribution in [2.75, 3.05) is 44.2 Å². The van der Waals surface area contributed by atoms with E-state index in [9.17, 15) is 14.4 Å². The number of anilines is 1. The van der Waals surface area contributed by atoms with Gasteiger partial charge in [-0.15, -0.1) is 0 Å². The van der Waals surface area contributed by atoms with Gasteiger partial charge in [-0.1, -0.05) is 0 Å². The fourth-order valence-corrected chi connectivity index (χ4v) is 3.99. The van der Waals surface area contributed by atoms with E-state index in [0.717, 1.165) is 18.8 Å². The minimum absolute atomic E-state index is 0.0231. The minimum Gasteiger partial charge on any atom is -0.444 e. The zero-order valence-corrected chi connectivity index (χ0v) is 18.5. The molecule has 2 saturated heterocycles. The van der Waals surface area contributed by atoms with Crippen LogP contribution in [0.2, 0.25) is 0 Å². The van der Waals surface area contributed by atoms with Crippen molar-refractivity contribution >= 4 is 23.5 Å². The van der Waals surface area contributed by atoms with Gasteiger partial charge in [0.15, 0.2) is 5.78 Å². The summed E-state index contributed by atoms with van der Waals surface area (Å²) in [4.78, 5) is 42.5. The largest absolute Gasteiger partial charge is 0.444 e. The first kappa shape index (κ1) is 22.1. The lowest BCUT2D eigenvalue weighted by Gasteiger charge is -2.39. The molecule has 1 aromatic carbocycles. The van der Waals surface area contributed by atoms with Crippen molar-refractivity contribution in [2.45, 2.75) is 46.1 Å². The Bertz CT molecular complexity index is 769. The number of amides is 2. The maximum atomic E-state index is 13.0. The summed E-state index contributed by atoms with van der Waals surface area (Å²) in [5.74, 6) is 0.241. The first-order chi connectivity index (χ1) is 14.1. The Morgan fingerprint density at radius 2 is 1.43 bits per heavy atom. The van der Waals surface area contributed by atoms with Crippen LogP contribution < -0.4 is 4.90 Å². The summed E-state index contributed by atoms with van der Waals surface area (Å²) >= 11 is 0. The van der Waals surface area contributed by atoms with E-state index in [1.54, 1.807) is 11.8 Å². The average Bonchev–Trinajstić information content (AvgIpc) is 2.72. The van der Waals surface area contributed by atoms with E-state index < -0.39 is 5.60 Å². The molecule has 2 amide bonds. The molecule has 0 aromatic heterocycles. The average molecular weight is 416 g/mol. The van der Waals surface area contributed by atoms with Gasteiger partial charge in [0.05, 0.1) is 0 Å². The van der Waals surface area contributed by atoms with Crippen LogP contribution in [0.1, 0.15) is 50.9 Å². The number of hydrogen-bond acceptors (Lipinski definition) is 5. The fourth-order valence-electron chi connectivity index (χ4n) is 3.99. The van der Waals surface area contributed by atoms with Gasteiger partial charge in [0, 0.05) is 56.4 Å².